The highest BCUT2D eigenvalue weighted by Crippen LogP contribution is 2.30. The summed E-state index contributed by atoms with van der Waals surface area (Å²) in [6.45, 7) is 4.37. The second-order valence-electron chi connectivity index (χ2n) is 8.29. The molecule has 0 aliphatic carbocycles. The molecule has 33 heavy (non-hydrogen) atoms. The van der Waals surface area contributed by atoms with Crippen LogP contribution in [-0.4, -0.2) is 44.5 Å². The van der Waals surface area contributed by atoms with E-state index in [0.29, 0.717) is 11.3 Å². The molecule has 2 heterocycles. The lowest BCUT2D eigenvalue weighted by atomic mass is 10.1. The van der Waals surface area contributed by atoms with Crippen LogP contribution in [0.25, 0.3) is 0 Å². The fourth-order valence-electron chi connectivity index (χ4n) is 4.20. The Hall–Kier alpha value is -3.04. The molecule has 0 amide bonds. The van der Waals surface area contributed by atoms with Crippen molar-refractivity contribution in [3.63, 3.8) is 0 Å². The van der Waals surface area contributed by atoms with Crippen molar-refractivity contribution >= 4 is 21.5 Å². The Bertz CT molecular complexity index is 1240. The average Bonchev–Trinajstić information content (AvgIpc) is 3.23. The molecule has 4 rings (SSSR count). The Balaban J connectivity index is 1.50. The molecule has 0 spiro atoms. The van der Waals surface area contributed by atoms with Crippen LogP contribution < -0.4 is 9.62 Å². The molecule has 0 saturated carbocycles. The van der Waals surface area contributed by atoms with Crippen LogP contribution in [-0.2, 0) is 16.6 Å². The molecule has 1 fully saturated rings. The van der Waals surface area contributed by atoms with Crippen LogP contribution in [0.4, 0.5) is 20.3 Å². The van der Waals surface area contributed by atoms with Gasteiger partial charge in [-0.15, -0.1) is 0 Å². The van der Waals surface area contributed by atoms with Crippen molar-refractivity contribution in [2.75, 3.05) is 29.8 Å². The number of anilines is 2. The van der Waals surface area contributed by atoms with Crippen LogP contribution in [0.1, 0.15) is 17.5 Å². The third-order valence-electron chi connectivity index (χ3n) is 5.92. The van der Waals surface area contributed by atoms with Gasteiger partial charge >= 0.3 is 0 Å². The second kappa shape index (κ2) is 9.44. The lowest BCUT2D eigenvalue weighted by molar-refractivity contribution is 0.326. The molecule has 1 atom stereocenters. The smallest absolute Gasteiger partial charge is 0.265 e. The van der Waals surface area contributed by atoms with Gasteiger partial charge in [0.15, 0.2) is 0 Å². The van der Waals surface area contributed by atoms with E-state index in [1.165, 1.54) is 29.8 Å². The summed E-state index contributed by atoms with van der Waals surface area (Å²) in [7, 11) is -2.36. The molecule has 1 aliphatic rings. The highest BCUT2D eigenvalue weighted by molar-refractivity contribution is 7.92. The van der Waals surface area contributed by atoms with Gasteiger partial charge in [-0.3, -0.25) is 9.62 Å². The van der Waals surface area contributed by atoms with E-state index in [4.69, 9.17) is 0 Å². The minimum absolute atomic E-state index is 0.184. The summed E-state index contributed by atoms with van der Waals surface area (Å²) < 4.78 is 55.8. The van der Waals surface area contributed by atoms with E-state index in [0.717, 1.165) is 32.1 Å². The topological polar surface area (TPSA) is 65.5 Å². The van der Waals surface area contributed by atoms with Crippen molar-refractivity contribution in [1.82, 2.24) is 9.88 Å². The molecule has 1 aromatic heterocycles. The third kappa shape index (κ3) is 5.31. The van der Waals surface area contributed by atoms with E-state index in [9.17, 15) is 17.2 Å². The first-order valence-electron chi connectivity index (χ1n) is 10.7. The molecule has 3 aromatic rings. The van der Waals surface area contributed by atoms with E-state index >= 15 is 0 Å². The van der Waals surface area contributed by atoms with E-state index < -0.39 is 26.7 Å². The van der Waals surface area contributed by atoms with Crippen LogP contribution in [0.15, 0.2) is 65.6 Å². The van der Waals surface area contributed by atoms with Crippen LogP contribution in [0.5, 0.6) is 0 Å². The van der Waals surface area contributed by atoms with Crippen molar-refractivity contribution in [2.45, 2.75) is 30.8 Å². The van der Waals surface area contributed by atoms with Gasteiger partial charge in [-0.25, -0.2) is 17.8 Å². The SMILES string of the molecule is Cc1cc(S(=O)(=O)Nc2cccc(F)n2)c(F)cc1N(C)C1CCN(Cc2ccccc2)C1. The van der Waals surface area contributed by atoms with Gasteiger partial charge in [-0.1, -0.05) is 36.4 Å². The van der Waals surface area contributed by atoms with E-state index in [-0.39, 0.29) is 11.9 Å². The number of aromatic nitrogens is 1. The van der Waals surface area contributed by atoms with E-state index in [1.54, 1.807) is 6.92 Å². The zero-order valence-electron chi connectivity index (χ0n) is 18.5. The number of hydrogen-bond donors (Lipinski definition) is 1. The number of pyridine rings is 1. The summed E-state index contributed by atoms with van der Waals surface area (Å²) in [5.74, 6) is -1.91. The predicted molar refractivity (Wildman–Crippen MR) is 125 cm³/mol. The molecule has 1 N–H and O–H groups in total. The number of likely N-dealkylation sites (N-methyl/N-ethyl adjacent to an activating group) is 1. The number of sulfonamides is 1. The zero-order chi connectivity index (χ0) is 23.6. The summed E-state index contributed by atoms with van der Waals surface area (Å²) in [5, 5.41) is 0. The number of benzene rings is 2. The molecular formula is C24H26F2N4O2S. The quantitative estimate of drug-likeness (QED) is 0.523. The number of hydrogen-bond acceptors (Lipinski definition) is 5. The molecule has 174 valence electrons. The van der Waals surface area contributed by atoms with Gasteiger partial charge in [0.1, 0.15) is 16.5 Å². The molecule has 0 radical (unpaired) electrons. The number of rotatable bonds is 7. The first-order chi connectivity index (χ1) is 15.7. The van der Waals surface area contributed by atoms with Gasteiger partial charge in [0.2, 0.25) is 5.95 Å². The predicted octanol–water partition coefficient (Wildman–Crippen LogP) is 4.18. The number of aryl methyl sites for hydroxylation is 1. The zero-order valence-corrected chi connectivity index (χ0v) is 19.3. The summed E-state index contributed by atoms with van der Waals surface area (Å²) in [6.07, 6.45) is 0.928. The molecule has 9 heteroatoms. The Morgan fingerprint density at radius 3 is 2.61 bits per heavy atom. The molecule has 1 aliphatic heterocycles. The lowest BCUT2D eigenvalue weighted by Gasteiger charge is -2.29. The van der Waals surface area contributed by atoms with Crippen molar-refractivity contribution in [1.29, 1.82) is 0 Å². The monoisotopic (exact) mass is 472 g/mol. The van der Waals surface area contributed by atoms with E-state index in [1.807, 2.05) is 30.1 Å². The Kier molecular flexibility index (Phi) is 6.62. The minimum atomic E-state index is -4.27. The fourth-order valence-corrected chi connectivity index (χ4v) is 5.35. The van der Waals surface area contributed by atoms with Gasteiger partial charge in [0.25, 0.3) is 10.0 Å². The Labute approximate surface area is 192 Å². The Morgan fingerprint density at radius 2 is 1.88 bits per heavy atom. The minimum Gasteiger partial charge on any atom is -0.370 e. The summed E-state index contributed by atoms with van der Waals surface area (Å²) in [4.78, 5) is 7.35. The first kappa shape index (κ1) is 23.1. The van der Waals surface area contributed by atoms with Gasteiger partial charge in [-0.2, -0.15) is 4.39 Å². The van der Waals surface area contributed by atoms with Crippen LogP contribution >= 0.6 is 0 Å². The number of nitrogens with one attached hydrogen (secondary N) is 1. The molecule has 0 bridgehead atoms. The van der Waals surface area contributed by atoms with Gasteiger partial charge < -0.3 is 4.90 Å². The van der Waals surface area contributed by atoms with Crippen molar-refractivity contribution in [3.8, 4) is 0 Å². The normalized spacial score (nSPS) is 16.7. The van der Waals surface area contributed by atoms with Crippen molar-refractivity contribution < 1.29 is 17.2 Å². The molecule has 2 aromatic carbocycles. The number of nitrogens with zero attached hydrogens (tertiary/aromatic N) is 3. The molecule has 1 saturated heterocycles. The average molecular weight is 473 g/mol. The largest absolute Gasteiger partial charge is 0.370 e. The maximum Gasteiger partial charge on any atom is 0.265 e. The molecule has 6 nitrogen and oxygen atoms in total. The number of halogens is 2. The first-order valence-corrected chi connectivity index (χ1v) is 12.2. The lowest BCUT2D eigenvalue weighted by Crippen LogP contribution is -2.35. The maximum atomic E-state index is 15.0. The van der Waals surface area contributed by atoms with Gasteiger partial charge in [0, 0.05) is 38.4 Å². The second-order valence-corrected chi connectivity index (χ2v) is 9.95. The Morgan fingerprint density at radius 1 is 1.12 bits per heavy atom. The highest BCUT2D eigenvalue weighted by Gasteiger charge is 2.28. The summed E-state index contributed by atoms with van der Waals surface area (Å²) in [5.41, 5.74) is 2.52. The van der Waals surface area contributed by atoms with Crippen molar-refractivity contribution in [3.05, 3.63) is 83.6 Å². The maximum absolute atomic E-state index is 15.0. The molecular weight excluding hydrogens is 446 g/mol. The van der Waals surface area contributed by atoms with Crippen LogP contribution in [0.3, 0.4) is 0 Å². The van der Waals surface area contributed by atoms with Crippen LogP contribution in [0.2, 0.25) is 0 Å². The molecule has 1 unspecified atom stereocenters. The highest BCUT2D eigenvalue weighted by atomic mass is 32.2. The van der Waals surface area contributed by atoms with Crippen molar-refractivity contribution in [2.24, 2.45) is 0 Å². The van der Waals surface area contributed by atoms with Crippen LogP contribution in [0, 0.1) is 18.7 Å². The summed E-state index contributed by atoms with van der Waals surface area (Å²) >= 11 is 0. The van der Waals surface area contributed by atoms with E-state index in [2.05, 4.69) is 26.7 Å². The summed E-state index contributed by atoms with van der Waals surface area (Å²) in [6, 6.07) is 16.7. The van der Waals surface area contributed by atoms with Gasteiger partial charge in [-0.05, 0) is 48.7 Å². The van der Waals surface area contributed by atoms with Gasteiger partial charge in [0.05, 0.1) is 0 Å². The fraction of sp³-hybridized carbons (Fsp3) is 0.292. The number of likely N-dealkylation sites (tertiary alicyclic amines) is 1. The third-order valence-corrected chi connectivity index (χ3v) is 7.29. The standard InChI is InChI=1S/C24H26F2N4O2S/c1-17-13-22(33(31,32)28-24-10-6-9-23(26)27-24)20(25)14-21(17)29(2)19-11-12-30(16-19)15-18-7-4-3-5-8-18/h3-10,13-14,19H,11-12,15-16H2,1-2H3,(H,27,28).